The fourth-order valence-electron chi connectivity index (χ4n) is 2.58. The minimum absolute atomic E-state index is 0.0700. The van der Waals surface area contributed by atoms with E-state index in [9.17, 15) is 4.79 Å². The van der Waals surface area contributed by atoms with Gasteiger partial charge in [-0.05, 0) is 25.7 Å². The summed E-state index contributed by atoms with van der Waals surface area (Å²) in [5, 5.41) is 2.81. The van der Waals surface area contributed by atoms with Crippen LogP contribution < -0.4 is 5.32 Å². The Morgan fingerprint density at radius 1 is 1.14 bits per heavy atom. The summed E-state index contributed by atoms with van der Waals surface area (Å²) in [6.07, 6.45) is 4.07. The number of nitrogens with one attached hydrogen (secondary N) is 1. The van der Waals surface area contributed by atoms with Gasteiger partial charge in [-0.25, -0.2) is 9.97 Å². The van der Waals surface area contributed by atoms with Gasteiger partial charge in [-0.2, -0.15) is 0 Å². The Labute approximate surface area is 128 Å². The van der Waals surface area contributed by atoms with E-state index < -0.39 is 0 Å². The van der Waals surface area contributed by atoms with Gasteiger partial charge in [0.05, 0.1) is 0 Å². The van der Waals surface area contributed by atoms with Gasteiger partial charge in [0.1, 0.15) is 11.7 Å². The standard InChI is InChI=1S/C16H16ClN3O/c17-10-14(21)19-16-12-8-4-5-9-13(12)18-15(20-16)11-6-2-1-3-7-11/h1-3,6-7H,4-5,8-10H2,(H,18,19,20,21). The molecule has 1 N–H and O–H groups in total. The lowest BCUT2D eigenvalue weighted by Gasteiger charge is -2.19. The number of anilines is 1. The summed E-state index contributed by atoms with van der Waals surface area (Å²) >= 11 is 5.59. The van der Waals surface area contributed by atoms with Gasteiger partial charge in [-0.3, -0.25) is 4.79 Å². The molecule has 108 valence electrons. The number of rotatable bonds is 3. The van der Waals surface area contributed by atoms with Crippen LogP contribution in [0.1, 0.15) is 24.1 Å². The molecule has 1 heterocycles. The summed E-state index contributed by atoms with van der Waals surface area (Å²) < 4.78 is 0. The first-order valence-corrected chi connectivity index (χ1v) is 7.62. The first kappa shape index (κ1) is 14.0. The van der Waals surface area contributed by atoms with Crippen molar-refractivity contribution in [2.45, 2.75) is 25.7 Å². The fraction of sp³-hybridized carbons (Fsp3) is 0.312. The van der Waals surface area contributed by atoms with Crippen LogP contribution in [0.25, 0.3) is 11.4 Å². The summed E-state index contributed by atoms with van der Waals surface area (Å²) in [4.78, 5) is 20.8. The van der Waals surface area contributed by atoms with Gasteiger partial charge in [-0.15, -0.1) is 11.6 Å². The average Bonchev–Trinajstić information content (AvgIpc) is 2.55. The predicted octanol–water partition coefficient (Wildman–Crippen LogP) is 3.20. The number of aryl methyl sites for hydroxylation is 1. The van der Waals surface area contributed by atoms with Crippen molar-refractivity contribution < 1.29 is 4.79 Å². The van der Waals surface area contributed by atoms with E-state index in [0.29, 0.717) is 11.6 Å². The third kappa shape index (κ3) is 3.05. The van der Waals surface area contributed by atoms with Crippen LogP contribution in [-0.4, -0.2) is 21.8 Å². The van der Waals surface area contributed by atoms with E-state index in [1.54, 1.807) is 0 Å². The summed E-state index contributed by atoms with van der Waals surface area (Å²) in [6, 6.07) is 9.80. The number of fused-ring (bicyclic) bond motifs is 1. The molecule has 1 amide bonds. The zero-order valence-corrected chi connectivity index (χ0v) is 12.4. The molecular formula is C16H16ClN3O. The Balaban J connectivity index is 2.06. The molecule has 0 radical (unpaired) electrons. The molecular weight excluding hydrogens is 286 g/mol. The zero-order chi connectivity index (χ0) is 14.7. The molecule has 0 saturated heterocycles. The first-order valence-electron chi connectivity index (χ1n) is 7.09. The van der Waals surface area contributed by atoms with Gasteiger partial charge in [-0.1, -0.05) is 30.3 Å². The number of carbonyl (C=O) groups is 1. The molecule has 0 bridgehead atoms. The van der Waals surface area contributed by atoms with Crippen molar-refractivity contribution in [3.63, 3.8) is 0 Å². The minimum atomic E-state index is -0.234. The summed E-state index contributed by atoms with van der Waals surface area (Å²) in [5.74, 6) is 0.965. The molecule has 0 unspecified atom stereocenters. The Kier molecular flexibility index (Phi) is 4.15. The van der Waals surface area contributed by atoms with Crippen molar-refractivity contribution in [2.75, 3.05) is 11.2 Å². The molecule has 0 saturated carbocycles. The van der Waals surface area contributed by atoms with Crippen molar-refractivity contribution in [3.8, 4) is 11.4 Å². The summed E-state index contributed by atoms with van der Waals surface area (Å²) in [6.45, 7) is 0. The van der Waals surface area contributed by atoms with Crippen molar-refractivity contribution in [3.05, 3.63) is 41.6 Å². The minimum Gasteiger partial charge on any atom is -0.309 e. The SMILES string of the molecule is O=C(CCl)Nc1nc(-c2ccccc2)nc2c1CCCC2. The highest BCUT2D eigenvalue weighted by Crippen LogP contribution is 2.28. The number of amides is 1. The third-order valence-electron chi connectivity index (χ3n) is 3.59. The molecule has 3 rings (SSSR count). The van der Waals surface area contributed by atoms with Gasteiger partial charge in [0.25, 0.3) is 0 Å². The third-order valence-corrected chi connectivity index (χ3v) is 3.84. The van der Waals surface area contributed by atoms with Crippen LogP contribution >= 0.6 is 11.6 Å². The Hall–Kier alpha value is -1.94. The average molecular weight is 302 g/mol. The van der Waals surface area contributed by atoms with E-state index in [1.165, 1.54) is 0 Å². The molecule has 0 spiro atoms. The zero-order valence-electron chi connectivity index (χ0n) is 11.6. The lowest BCUT2D eigenvalue weighted by atomic mass is 9.96. The summed E-state index contributed by atoms with van der Waals surface area (Å²) in [7, 11) is 0. The van der Waals surface area contributed by atoms with Crippen LogP contribution in [-0.2, 0) is 17.6 Å². The van der Waals surface area contributed by atoms with Crippen LogP contribution in [0.2, 0.25) is 0 Å². The first-order chi connectivity index (χ1) is 10.3. The maximum absolute atomic E-state index is 11.6. The van der Waals surface area contributed by atoms with E-state index in [1.807, 2.05) is 30.3 Å². The molecule has 21 heavy (non-hydrogen) atoms. The fourth-order valence-corrected chi connectivity index (χ4v) is 2.65. The topological polar surface area (TPSA) is 54.9 Å². The van der Waals surface area contributed by atoms with Crippen molar-refractivity contribution in [2.24, 2.45) is 0 Å². The summed E-state index contributed by atoms with van der Waals surface area (Å²) in [5.41, 5.74) is 3.05. The molecule has 0 atom stereocenters. The van der Waals surface area contributed by atoms with Crippen LogP contribution in [0.4, 0.5) is 5.82 Å². The van der Waals surface area contributed by atoms with Gasteiger partial charge in [0, 0.05) is 16.8 Å². The number of benzene rings is 1. The highest BCUT2D eigenvalue weighted by Gasteiger charge is 2.19. The quantitative estimate of drug-likeness (QED) is 0.886. The van der Waals surface area contributed by atoms with Gasteiger partial charge in [0.2, 0.25) is 5.91 Å². The highest BCUT2D eigenvalue weighted by molar-refractivity contribution is 6.29. The van der Waals surface area contributed by atoms with Crippen molar-refractivity contribution >= 4 is 23.3 Å². The second kappa shape index (κ2) is 6.22. The lowest BCUT2D eigenvalue weighted by Crippen LogP contribution is -2.19. The second-order valence-electron chi connectivity index (χ2n) is 5.08. The Morgan fingerprint density at radius 3 is 2.67 bits per heavy atom. The number of halogens is 1. The highest BCUT2D eigenvalue weighted by atomic mass is 35.5. The van der Waals surface area contributed by atoms with E-state index in [2.05, 4.69) is 15.3 Å². The van der Waals surface area contributed by atoms with Gasteiger partial charge >= 0.3 is 0 Å². The molecule has 4 nitrogen and oxygen atoms in total. The molecule has 1 aromatic carbocycles. The number of nitrogens with zero attached hydrogens (tertiary/aromatic N) is 2. The lowest BCUT2D eigenvalue weighted by molar-refractivity contribution is -0.113. The molecule has 0 fully saturated rings. The molecule has 1 aliphatic rings. The number of hydrogen-bond donors (Lipinski definition) is 1. The Morgan fingerprint density at radius 2 is 1.90 bits per heavy atom. The van der Waals surface area contributed by atoms with E-state index >= 15 is 0 Å². The van der Waals surface area contributed by atoms with E-state index in [0.717, 1.165) is 42.5 Å². The molecule has 0 aliphatic heterocycles. The van der Waals surface area contributed by atoms with Crippen LogP contribution in [0.3, 0.4) is 0 Å². The number of alkyl halides is 1. The van der Waals surface area contributed by atoms with E-state index in [-0.39, 0.29) is 11.8 Å². The normalized spacial score (nSPS) is 13.6. The molecule has 5 heteroatoms. The molecule has 2 aromatic rings. The smallest absolute Gasteiger partial charge is 0.240 e. The van der Waals surface area contributed by atoms with Gasteiger partial charge in [0.15, 0.2) is 5.82 Å². The largest absolute Gasteiger partial charge is 0.309 e. The number of carbonyl (C=O) groups excluding carboxylic acids is 1. The van der Waals surface area contributed by atoms with Crippen molar-refractivity contribution in [1.82, 2.24) is 9.97 Å². The predicted molar refractivity (Wildman–Crippen MR) is 83.5 cm³/mol. The van der Waals surface area contributed by atoms with Crippen LogP contribution in [0.5, 0.6) is 0 Å². The van der Waals surface area contributed by atoms with E-state index in [4.69, 9.17) is 11.6 Å². The maximum Gasteiger partial charge on any atom is 0.240 e. The van der Waals surface area contributed by atoms with Crippen molar-refractivity contribution in [1.29, 1.82) is 0 Å². The van der Waals surface area contributed by atoms with Crippen LogP contribution in [0, 0.1) is 0 Å². The number of hydrogen-bond acceptors (Lipinski definition) is 3. The maximum atomic E-state index is 11.6. The number of aromatic nitrogens is 2. The van der Waals surface area contributed by atoms with Crippen LogP contribution in [0.15, 0.2) is 30.3 Å². The molecule has 1 aromatic heterocycles. The molecule has 1 aliphatic carbocycles. The monoisotopic (exact) mass is 301 g/mol. The second-order valence-corrected chi connectivity index (χ2v) is 5.34. The Bertz CT molecular complexity index is 658. The van der Waals surface area contributed by atoms with Gasteiger partial charge < -0.3 is 5.32 Å².